The van der Waals surface area contributed by atoms with Crippen LogP contribution >= 0.6 is 11.3 Å². The third-order valence-electron chi connectivity index (χ3n) is 6.00. The minimum atomic E-state index is -0.861. The summed E-state index contributed by atoms with van der Waals surface area (Å²) >= 11 is 1.61. The Balaban J connectivity index is 1.47. The van der Waals surface area contributed by atoms with E-state index >= 15 is 0 Å². The molecule has 0 bridgehead atoms. The molecule has 174 valence electrons. The van der Waals surface area contributed by atoms with E-state index in [1.807, 2.05) is 36.6 Å². The molecule has 4 rings (SSSR count). The Morgan fingerprint density at radius 1 is 1.00 bits per heavy atom. The maximum Gasteiger partial charge on any atom is 0.257 e. The summed E-state index contributed by atoms with van der Waals surface area (Å²) in [5.74, 6) is -1.64. The predicted octanol–water partition coefficient (Wildman–Crippen LogP) is 4.72. The summed E-state index contributed by atoms with van der Waals surface area (Å²) < 4.78 is 33.5. The number of rotatable bonds is 7. The molecule has 2 heterocycles. The first-order valence-electron chi connectivity index (χ1n) is 10.9. The van der Waals surface area contributed by atoms with Gasteiger partial charge in [-0.2, -0.15) is 0 Å². The Morgan fingerprint density at radius 3 is 2.24 bits per heavy atom. The molecule has 8 heteroatoms. The van der Waals surface area contributed by atoms with Gasteiger partial charge in [0.25, 0.3) is 5.91 Å². The molecule has 1 fully saturated rings. The molecule has 1 aliphatic heterocycles. The van der Waals surface area contributed by atoms with Crippen LogP contribution in [0.2, 0.25) is 0 Å². The van der Waals surface area contributed by atoms with Crippen molar-refractivity contribution in [1.29, 1.82) is 0 Å². The lowest BCUT2D eigenvalue weighted by molar-refractivity contribution is 0.0882. The molecule has 2 atom stereocenters. The number of amides is 1. The van der Waals surface area contributed by atoms with Crippen molar-refractivity contribution in [3.05, 3.63) is 82.1 Å². The second kappa shape index (κ2) is 10.3. The van der Waals surface area contributed by atoms with Crippen LogP contribution in [0.15, 0.2) is 60.0 Å². The monoisotopic (exact) mass is 471 g/mol. The van der Waals surface area contributed by atoms with Crippen LogP contribution in [0, 0.1) is 11.6 Å². The van der Waals surface area contributed by atoms with Crippen LogP contribution in [-0.4, -0.2) is 50.1 Å². The summed E-state index contributed by atoms with van der Waals surface area (Å²) in [5, 5.41) is 4.84. The Bertz CT molecular complexity index is 1050. The molecule has 0 radical (unpaired) electrons. The van der Waals surface area contributed by atoms with Crippen molar-refractivity contribution in [1.82, 2.24) is 10.2 Å². The highest BCUT2D eigenvalue weighted by Gasteiger charge is 2.32. The van der Waals surface area contributed by atoms with Crippen molar-refractivity contribution >= 4 is 22.9 Å². The molecule has 1 amide bonds. The molecule has 1 aliphatic rings. The fourth-order valence-corrected chi connectivity index (χ4v) is 5.29. The molecule has 1 aromatic heterocycles. The van der Waals surface area contributed by atoms with Crippen LogP contribution in [-0.2, 0) is 0 Å². The maximum atomic E-state index is 14.1. The second-order valence-electron chi connectivity index (χ2n) is 8.04. The summed E-state index contributed by atoms with van der Waals surface area (Å²) in [7, 11) is 1.65. The Hall–Kier alpha value is -2.97. The summed E-state index contributed by atoms with van der Waals surface area (Å²) in [6.07, 6.45) is 0. The average molecular weight is 472 g/mol. The highest BCUT2D eigenvalue weighted by Crippen LogP contribution is 2.31. The SMILES string of the molecule is COc1ccc(N2CCN([C@@H](c3cccs3)[C@H](C)NC(=O)c3c(F)cccc3F)CC2)cc1. The van der Waals surface area contributed by atoms with Gasteiger partial charge in [0.05, 0.1) is 13.2 Å². The number of ether oxygens (including phenoxy) is 1. The number of nitrogens with zero attached hydrogens (tertiary/aromatic N) is 2. The number of anilines is 1. The lowest BCUT2D eigenvalue weighted by atomic mass is 10.0. The molecule has 3 aromatic rings. The number of nitrogens with one attached hydrogen (secondary N) is 1. The summed E-state index contributed by atoms with van der Waals surface area (Å²) in [5.41, 5.74) is 0.595. The van der Waals surface area contributed by atoms with Gasteiger partial charge in [-0.3, -0.25) is 9.69 Å². The van der Waals surface area contributed by atoms with Gasteiger partial charge in [0.2, 0.25) is 0 Å². The lowest BCUT2D eigenvalue weighted by Crippen LogP contribution is -2.52. The number of carbonyl (C=O) groups is 1. The number of methoxy groups -OCH3 is 1. The number of piperazine rings is 1. The molecule has 0 unspecified atom stereocenters. The van der Waals surface area contributed by atoms with Crippen LogP contribution in [0.25, 0.3) is 0 Å². The number of hydrogen-bond acceptors (Lipinski definition) is 5. The van der Waals surface area contributed by atoms with Gasteiger partial charge >= 0.3 is 0 Å². The van der Waals surface area contributed by atoms with Crippen LogP contribution < -0.4 is 15.0 Å². The molecule has 0 aliphatic carbocycles. The van der Waals surface area contributed by atoms with Gasteiger partial charge in [0.15, 0.2) is 0 Å². The number of halogens is 2. The van der Waals surface area contributed by atoms with Crippen molar-refractivity contribution in [3.63, 3.8) is 0 Å². The van der Waals surface area contributed by atoms with E-state index in [-0.39, 0.29) is 12.1 Å². The first kappa shape index (κ1) is 23.2. The number of carbonyl (C=O) groups excluding carboxylic acids is 1. The van der Waals surface area contributed by atoms with E-state index < -0.39 is 23.1 Å². The second-order valence-corrected chi connectivity index (χ2v) is 9.02. The van der Waals surface area contributed by atoms with E-state index in [4.69, 9.17) is 4.74 Å². The van der Waals surface area contributed by atoms with Gasteiger partial charge in [-0.1, -0.05) is 12.1 Å². The maximum absolute atomic E-state index is 14.1. The molecule has 5 nitrogen and oxygen atoms in total. The topological polar surface area (TPSA) is 44.8 Å². The van der Waals surface area contributed by atoms with E-state index in [1.165, 1.54) is 6.07 Å². The van der Waals surface area contributed by atoms with Gasteiger partial charge in [-0.25, -0.2) is 8.78 Å². The van der Waals surface area contributed by atoms with E-state index in [2.05, 4.69) is 27.2 Å². The van der Waals surface area contributed by atoms with Crippen molar-refractivity contribution in [2.75, 3.05) is 38.2 Å². The zero-order valence-electron chi connectivity index (χ0n) is 18.6. The van der Waals surface area contributed by atoms with Gasteiger partial charge in [0.1, 0.15) is 22.9 Å². The molecule has 2 aromatic carbocycles. The quantitative estimate of drug-likeness (QED) is 0.542. The summed E-state index contributed by atoms with van der Waals surface area (Å²) in [4.78, 5) is 18.5. The molecular formula is C25H27F2N3O2S. The van der Waals surface area contributed by atoms with Crippen molar-refractivity contribution in [3.8, 4) is 5.75 Å². The zero-order valence-corrected chi connectivity index (χ0v) is 19.4. The van der Waals surface area contributed by atoms with Crippen molar-refractivity contribution in [2.45, 2.75) is 19.0 Å². The van der Waals surface area contributed by atoms with Crippen LogP contribution in [0.4, 0.5) is 14.5 Å². The molecule has 33 heavy (non-hydrogen) atoms. The fourth-order valence-electron chi connectivity index (χ4n) is 4.33. The first-order chi connectivity index (χ1) is 16.0. The lowest BCUT2D eigenvalue weighted by Gasteiger charge is -2.42. The Morgan fingerprint density at radius 2 is 1.67 bits per heavy atom. The van der Waals surface area contributed by atoms with Gasteiger partial charge in [-0.05, 0) is 54.8 Å². The Labute approximate surface area is 196 Å². The van der Waals surface area contributed by atoms with Gasteiger partial charge in [0, 0.05) is 42.8 Å². The van der Waals surface area contributed by atoms with E-state index in [0.717, 1.165) is 54.6 Å². The molecule has 1 saturated heterocycles. The smallest absolute Gasteiger partial charge is 0.257 e. The normalized spacial score (nSPS) is 16.3. The van der Waals surface area contributed by atoms with Crippen molar-refractivity contribution in [2.24, 2.45) is 0 Å². The third-order valence-corrected chi connectivity index (χ3v) is 6.95. The minimum Gasteiger partial charge on any atom is -0.497 e. The van der Waals surface area contributed by atoms with E-state index in [0.29, 0.717) is 0 Å². The molecule has 0 saturated carbocycles. The highest BCUT2D eigenvalue weighted by molar-refractivity contribution is 7.10. The number of benzene rings is 2. The standard InChI is InChI=1S/C25H27F2N3O2S/c1-17(28-25(31)23-20(26)5-3-6-21(23)27)24(22-7-4-16-33-22)30-14-12-29(13-15-30)18-8-10-19(32-2)11-9-18/h3-11,16-17,24H,12-15H2,1-2H3,(H,28,31)/t17-,24+/m0/s1. The molecular weight excluding hydrogens is 444 g/mol. The first-order valence-corrected chi connectivity index (χ1v) is 11.8. The van der Waals surface area contributed by atoms with Crippen LogP contribution in [0.3, 0.4) is 0 Å². The predicted molar refractivity (Wildman–Crippen MR) is 127 cm³/mol. The molecule has 0 spiro atoms. The fraction of sp³-hybridized carbons (Fsp3) is 0.320. The summed E-state index contributed by atoms with van der Waals surface area (Å²) in [6.45, 7) is 5.14. The zero-order chi connectivity index (χ0) is 23.4. The number of hydrogen-bond donors (Lipinski definition) is 1. The summed E-state index contributed by atoms with van der Waals surface area (Å²) in [6, 6.07) is 15.0. The largest absolute Gasteiger partial charge is 0.497 e. The average Bonchev–Trinajstić information content (AvgIpc) is 3.34. The molecule has 1 N–H and O–H groups in total. The number of thiophene rings is 1. The van der Waals surface area contributed by atoms with E-state index in [1.54, 1.807) is 18.4 Å². The van der Waals surface area contributed by atoms with Crippen LogP contribution in [0.5, 0.6) is 5.75 Å². The van der Waals surface area contributed by atoms with Crippen molar-refractivity contribution < 1.29 is 18.3 Å². The minimum absolute atomic E-state index is 0.0956. The van der Waals surface area contributed by atoms with Crippen LogP contribution in [0.1, 0.15) is 28.2 Å². The highest BCUT2D eigenvalue weighted by atomic mass is 32.1. The van der Waals surface area contributed by atoms with Gasteiger partial charge in [-0.15, -0.1) is 11.3 Å². The van der Waals surface area contributed by atoms with E-state index in [9.17, 15) is 13.6 Å². The third kappa shape index (κ3) is 5.17. The van der Waals surface area contributed by atoms with Gasteiger partial charge < -0.3 is 15.0 Å². The Kier molecular flexibility index (Phi) is 7.25.